The number of nitrogens with zero attached hydrogens (tertiary/aromatic N) is 2. The van der Waals surface area contributed by atoms with E-state index >= 15 is 0 Å². The molecule has 0 saturated carbocycles. The van der Waals surface area contributed by atoms with E-state index in [4.69, 9.17) is 0 Å². The number of benzene rings is 3. The molecule has 1 aliphatic rings. The zero-order valence-electron chi connectivity index (χ0n) is 15.8. The molecule has 0 aromatic heterocycles. The Kier molecular flexibility index (Phi) is 5.66. The van der Waals surface area contributed by atoms with Gasteiger partial charge in [0.05, 0.1) is 11.4 Å². The summed E-state index contributed by atoms with van der Waals surface area (Å²) in [6.45, 7) is 2.24. The smallest absolute Gasteiger partial charge is 0.123 e. The van der Waals surface area contributed by atoms with E-state index in [2.05, 4.69) is 39.7 Å². The number of para-hydroxylation sites is 1. The van der Waals surface area contributed by atoms with Gasteiger partial charge in [0.1, 0.15) is 5.82 Å². The number of rotatable bonds is 5. The number of hydrazone groups is 1. The van der Waals surface area contributed by atoms with Crippen molar-refractivity contribution in [2.45, 2.75) is 19.3 Å². The first-order valence-corrected chi connectivity index (χ1v) is 9.80. The van der Waals surface area contributed by atoms with E-state index < -0.39 is 0 Å². The molecule has 0 amide bonds. The van der Waals surface area contributed by atoms with Crippen LogP contribution in [0.5, 0.6) is 0 Å². The maximum Gasteiger partial charge on any atom is 0.123 e. The van der Waals surface area contributed by atoms with Crippen LogP contribution in [0, 0.1) is 5.82 Å². The summed E-state index contributed by atoms with van der Waals surface area (Å²) < 4.78 is 13.4. The summed E-state index contributed by atoms with van der Waals surface area (Å²) in [7, 11) is 0. The molecule has 0 atom stereocenters. The molecule has 0 spiro atoms. The van der Waals surface area contributed by atoms with Gasteiger partial charge in [-0.1, -0.05) is 30.3 Å². The lowest BCUT2D eigenvalue weighted by molar-refractivity contribution is 0.578. The fraction of sp³-hybridized carbons (Fsp3) is 0.208. The maximum absolute atomic E-state index is 13.4. The van der Waals surface area contributed by atoms with Crippen LogP contribution < -0.4 is 10.3 Å². The molecule has 1 heterocycles. The second-order valence-electron chi connectivity index (χ2n) is 7.04. The van der Waals surface area contributed by atoms with Crippen LogP contribution in [0.2, 0.25) is 0 Å². The second kappa shape index (κ2) is 8.70. The van der Waals surface area contributed by atoms with Crippen molar-refractivity contribution in [1.29, 1.82) is 0 Å². The molecule has 28 heavy (non-hydrogen) atoms. The van der Waals surface area contributed by atoms with Crippen molar-refractivity contribution in [1.82, 2.24) is 0 Å². The monoisotopic (exact) mass is 373 g/mol. The molecular formula is C24H24FN3. The van der Waals surface area contributed by atoms with E-state index in [1.54, 1.807) is 12.1 Å². The molecule has 0 radical (unpaired) electrons. The first-order valence-electron chi connectivity index (χ1n) is 9.80. The van der Waals surface area contributed by atoms with Crippen LogP contribution in [0.25, 0.3) is 0 Å². The highest BCUT2D eigenvalue weighted by Gasteiger charge is 2.12. The molecule has 0 unspecified atom stereocenters. The largest absolute Gasteiger partial charge is 0.372 e. The third-order valence-corrected chi connectivity index (χ3v) is 5.05. The lowest BCUT2D eigenvalue weighted by atomic mass is 10.0. The number of piperidine rings is 1. The third-order valence-electron chi connectivity index (χ3n) is 5.05. The normalized spacial score (nSPS) is 14.8. The minimum Gasteiger partial charge on any atom is -0.372 e. The van der Waals surface area contributed by atoms with E-state index in [0.29, 0.717) is 0 Å². The molecule has 3 aromatic carbocycles. The highest BCUT2D eigenvalue weighted by atomic mass is 19.1. The lowest BCUT2D eigenvalue weighted by Gasteiger charge is -2.28. The van der Waals surface area contributed by atoms with Crippen molar-refractivity contribution in [3.63, 3.8) is 0 Å². The van der Waals surface area contributed by atoms with Gasteiger partial charge in [-0.25, -0.2) is 4.39 Å². The van der Waals surface area contributed by atoms with Gasteiger partial charge in [-0.05, 0) is 67.8 Å². The molecule has 3 aromatic rings. The fourth-order valence-electron chi connectivity index (χ4n) is 3.52. The average Bonchev–Trinajstić information content (AvgIpc) is 2.77. The van der Waals surface area contributed by atoms with Crippen LogP contribution in [0.3, 0.4) is 0 Å². The highest BCUT2D eigenvalue weighted by Crippen LogP contribution is 2.22. The van der Waals surface area contributed by atoms with Crippen molar-refractivity contribution >= 4 is 17.1 Å². The van der Waals surface area contributed by atoms with E-state index in [0.717, 1.165) is 35.6 Å². The number of anilines is 2. The SMILES string of the molecule is Fc1ccc(/C(=N/Nc2ccccc2)c2ccc(N3CCCCC3)cc2)cc1. The molecule has 1 saturated heterocycles. The summed E-state index contributed by atoms with van der Waals surface area (Å²) in [6.07, 6.45) is 3.83. The standard InChI is InChI=1S/C24H24FN3/c25-21-13-9-19(10-14-21)24(27-26-22-7-3-1-4-8-22)20-11-15-23(16-12-20)28-17-5-2-6-18-28/h1,3-4,7-16,26H,2,5-6,17-18H2/b27-24-. The zero-order valence-corrected chi connectivity index (χ0v) is 15.8. The van der Waals surface area contributed by atoms with Gasteiger partial charge in [-0.15, -0.1) is 0 Å². The molecular weight excluding hydrogens is 349 g/mol. The Morgan fingerprint density at radius 1 is 0.750 bits per heavy atom. The second-order valence-corrected chi connectivity index (χ2v) is 7.04. The van der Waals surface area contributed by atoms with Crippen LogP contribution >= 0.6 is 0 Å². The minimum atomic E-state index is -0.250. The third kappa shape index (κ3) is 4.39. The number of nitrogens with one attached hydrogen (secondary N) is 1. The van der Waals surface area contributed by atoms with Crippen LogP contribution in [-0.2, 0) is 0 Å². The van der Waals surface area contributed by atoms with Crippen LogP contribution in [0.4, 0.5) is 15.8 Å². The van der Waals surface area contributed by atoms with Crippen molar-refractivity contribution in [2.75, 3.05) is 23.4 Å². The van der Waals surface area contributed by atoms with Crippen molar-refractivity contribution < 1.29 is 4.39 Å². The fourth-order valence-corrected chi connectivity index (χ4v) is 3.52. The average molecular weight is 373 g/mol. The van der Waals surface area contributed by atoms with Crippen molar-refractivity contribution in [3.8, 4) is 0 Å². The molecule has 1 N–H and O–H groups in total. The molecule has 0 bridgehead atoms. The van der Waals surface area contributed by atoms with Crippen LogP contribution in [0.1, 0.15) is 30.4 Å². The van der Waals surface area contributed by atoms with Gasteiger partial charge in [-0.3, -0.25) is 5.43 Å². The zero-order chi connectivity index (χ0) is 19.2. The van der Waals surface area contributed by atoms with Gasteiger partial charge < -0.3 is 4.90 Å². The molecule has 142 valence electrons. The Morgan fingerprint density at radius 2 is 1.36 bits per heavy atom. The summed E-state index contributed by atoms with van der Waals surface area (Å²) in [5, 5.41) is 4.64. The van der Waals surface area contributed by atoms with Crippen LogP contribution in [-0.4, -0.2) is 18.8 Å². The van der Waals surface area contributed by atoms with Gasteiger partial charge in [0, 0.05) is 29.9 Å². The molecule has 1 aliphatic heterocycles. The highest BCUT2D eigenvalue weighted by molar-refractivity contribution is 6.13. The summed E-state index contributed by atoms with van der Waals surface area (Å²) in [5.41, 5.74) is 7.93. The first kappa shape index (κ1) is 18.2. The van der Waals surface area contributed by atoms with Gasteiger partial charge in [0.2, 0.25) is 0 Å². The number of halogens is 1. The van der Waals surface area contributed by atoms with Gasteiger partial charge in [0.25, 0.3) is 0 Å². The predicted molar refractivity (Wildman–Crippen MR) is 115 cm³/mol. The van der Waals surface area contributed by atoms with Gasteiger partial charge in [-0.2, -0.15) is 5.10 Å². The number of hydrogen-bond donors (Lipinski definition) is 1. The van der Waals surface area contributed by atoms with Gasteiger partial charge >= 0.3 is 0 Å². The quantitative estimate of drug-likeness (QED) is 0.460. The Bertz CT molecular complexity index is 912. The minimum absolute atomic E-state index is 0.250. The molecule has 3 nitrogen and oxygen atoms in total. The Labute approximate surface area is 165 Å². The topological polar surface area (TPSA) is 27.6 Å². The summed E-state index contributed by atoms with van der Waals surface area (Å²) in [5.74, 6) is -0.250. The van der Waals surface area contributed by atoms with E-state index in [1.807, 2.05) is 30.3 Å². The molecule has 1 fully saturated rings. The van der Waals surface area contributed by atoms with Gasteiger partial charge in [0.15, 0.2) is 0 Å². The summed E-state index contributed by atoms with van der Waals surface area (Å²) >= 11 is 0. The lowest BCUT2D eigenvalue weighted by Crippen LogP contribution is -2.29. The summed E-state index contributed by atoms with van der Waals surface area (Å²) in [6, 6.07) is 24.8. The summed E-state index contributed by atoms with van der Waals surface area (Å²) in [4.78, 5) is 2.43. The number of hydrogen-bond acceptors (Lipinski definition) is 3. The Hall–Kier alpha value is -3.14. The van der Waals surface area contributed by atoms with E-state index in [9.17, 15) is 4.39 Å². The van der Waals surface area contributed by atoms with E-state index in [-0.39, 0.29) is 5.82 Å². The van der Waals surface area contributed by atoms with Crippen molar-refractivity contribution in [3.05, 3.63) is 95.8 Å². The van der Waals surface area contributed by atoms with E-state index in [1.165, 1.54) is 37.1 Å². The van der Waals surface area contributed by atoms with Crippen LogP contribution in [0.15, 0.2) is 84.0 Å². The first-order chi connectivity index (χ1) is 13.8. The molecule has 4 rings (SSSR count). The van der Waals surface area contributed by atoms with Crippen molar-refractivity contribution in [2.24, 2.45) is 5.10 Å². The Balaban J connectivity index is 1.63. The Morgan fingerprint density at radius 3 is 2.00 bits per heavy atom. The maximum atomic E-state index is 13.4. The molecule has 4 heteroatoms. The predicted octanol–water partition coefficient (Wildman–Crippen LogP) is 5.68. The molecule has 0 aliphatic carbocycles.